The number of hydrogen-bond donors (Lipinski definition) is 0. The van der Waals surface area contributed by atoms with E-state index in [2.05, 4.69) is 31.2 Å². The molecule has 20 heavy (non-hydrogen) atoms. The molecule has 0 heterocycles. The van der Waals surface area contributed by atoms with Crippen molar-refractivity contribution in [1.82, 2.24) is 0 Å². The third-order valence-electron chi connectivity index (χ3n) is 6.34. The minimum Gasteiger partial charge on any atom is -0.117 e. The van der Waals surface area contributed by atoms with Crippen LogP contribution in [0.25, 0.3) is 0 Å². The third-order valence-corrected chi connectivity index (χ3v) is 6.89. The Labute approximate surface area is 127 Å². The van der Waals surface area contributed by atoms with Gasteiger partial charge in [0.25, 0.3) is 0 Å². The largest absolute Gasteiger partial charge is 0.117 e. The predicted molar refractivity (Wildman–Crippen MR) is 84.9 cm³/mol. The van der Waals surface area contributed by atoms with Crippen LogP contribution in [-0.4, -0.2) is 0 Å². The van der Waals surface area contributed by atoms with Crippen molar-refractivity contribution in [3.8, 4) is 0 Å². The Morgan fingerprint density at radius 1 is 0.950 bits per heavy atom. The van der Waals surface area contributed by atoms with E-state index in [-0.39, 0.29) is 5.38 Å². The van der Waals surface area contributed by atoms with Gasteiger partial charge in [0.2, 0.25) is 0 Å². The van der Waals surface area contributed by atoms with Crippen LogP contribution in [0.5, 0.6) is 0 Å². The van der Waals surface area contributed by atoms with Gasteiger partial charge in [-0.25, -0.2) is 0 Å². The second kappa shape index (κ2) is 5.05. The first kappa shape index (κ1) is 13.2. The van der Waals surface area contributed by atoms with Crippen molar-refractivity contribution in [3.05, 3.63) is 35.4 Å². The molecule has 0 amide bonds. The van der Waals surface area contributed by atoms with Gasteiger partial charge in [0.1, 0.15) is 0 Å². The Balaban J connectivity index is 1.57. The van der Waals surface area contributed by atoms with Crippen molar-refractivity contribution < 1.29 is 0 Å². The molecule has 1 atom stereocenters. The summed E-state index contributed by atoms with van der Waals surface area (Å²) in [4.78, 5) is 0. The number of alkyl halides is 1. The quantitative estimate of drug-likeness (QED) is 0.635. The van der Waals surface area contributed by atoms with Crippen molar-refractivity contribution >= 4 is 11.6 Å². The highest BCUT2D eigenvalue weighted by Crippen LogP contribution is 2.60. The van der Waals surface area contributed by atoms with E-state index < -0.39 is 0 Å². The van der Waals surface area contributed by atoms with Gasteiger partial charge in [0, 0.05) is 0 Å². The molecule has 0 spiro atoms. The second-order valence-electron chi connectivity index (χ2n) is 7.50. The fourth-order valence-electron chi connectivity index (χ4n) is 5.60. The van der Waals surface area contributed by atoms with Crippen molar-refractivity contribution in [3.63, 3.8) is 0 Å². The van der Waals surface area contributed by atoms with Crippen LogP contribution in [0.15, 0.2) is 24.3 Å². The lowest BCUT2D eigenvalue weighted by Crippen LogP contribution is -2.46. The van der Waals surface area contributed by atoms with Gasteiger partial charge >= 0.3 is 0 Å². The monoisotopic (exact) mass is 288 g/mol. The van der Waals surface area contributed by atoms with E-state index in [1.165, 1.54) is 43.2 Å². The maximum absolute atomic E-state index is 6.95. The first-order valence-corrected chi connectivity index (χ1v) is 8.91. The summed E-state index contributed by atoms with van der Waals surface area (Å²) in [6.07, 6.45) is 8.51. The molecule has 4 aliphatic carbocycles. The van der Waals surface area contributed by atoms with Crippen LogP contribution in [0.1, 0.15) is 55.5 Å². The third kappa shape index (κ3) is 2.11. The van der Waals surface area contributed by atoms with Crippen LogP contribution in [0.4, 0.5) is 0 Å². The maximum atomic E-state index is 6.95. The topological polar surface area (TPSA) is 0 Å². The van der Waals surface area contributed by atoms with Gasteiger partial charge in [-0.1, -0.05) is 31.2 Å². The molecule has 1 heteroatoms. The Morgan fingerprint density at radius 3 is 2.00 bits per heavy atom. The highest BCUT2D eigenvalue weighted by molar-refractivity contribution is 6.21. The van der Waals surface area contributed by atoms with Crippen LogP contribution >= 0.6 is 11.6 Å². The molecule has 1 aromatic carbocycles. The van der Waals surface area contributed by atoms with E-state index >= 15 is 0 Å². The first-order valence-electron chi connectivity index (χ1n) is 8.47. The minimum atomic E-state index is 0.246. The average molecular weight is 289 g/mol. The molecule has 0 radical (unpaired) electrons. The number of benzene rings is 1. The minimum absolute atomic E-state index is 0.246. The van der Waals surface area contributed by atoms with Crippen LogP contribution in [0.3, 0.4) is 0 Å². The lowest BCUT2D eigenvalue weighted by Gasteiger charge is -2.55. The predicted octanol–water partition coefficient (Wildman–Crippen LogP) is 5.60. The summed E-state index contributed by atoms with van der Waals surface area (Å²) in [7, 11) is 0. The van der Waals surface area contributed by atoms with E-state index in [1.807, 2.05) is 0 Å². The smallest absolute Gasteiger partial charge is 0.0618 e. The fraction of sp³-hybridized carbons (Fsp3) is 0.684. The molecule has 4 bridgehead atoms. The molecule has 0 aliphatic heterocycles. The molecule has 0 N–H and O–H groups in total. The van der Waals surface area contributed by atoms with Crippen molar-refractivity contribution in [2.75, 3.05) is 0 Å². The van der Waals surface area contributed by atoms with Gasteiger partial charge in [-0.3, -0.25) is 0 Å². The maximum Gasteiger partial charge on any atom is 0.0618 e. The van der Waals surface area contributed by atoms with E-state index in [0.717, 1.165) is 36.0 Å². The van der Waals surface area contributed by atoms with E-state index in [0.29, 0.717) is 0 Å². The SMILES string of the molecule is CCc1ccc(C(Cl)C2C3CC4CC(C3)CC2C4)cc1. The lowest BCUT2D eigenvalue weighted by atomic mass is 9.51. The van der Waals surface area contributed by atoms with Gasteiger partial charge in [-0.05, 0) is 79.2 Å². The zero-order valence-corrected chi connectivity index (χ0v) is 13.2. The molecule has 4 saturated carbocycles. The van der Waals surface area contributed by atoms with Gasteiger partial charge in [-0.2, -0.15) is 0 Å². The number of rotatable bonds is 3. The van der Waals surface area contributed by atoms with Gasteiger partial charge in [0.15, 0.2) is 0 Å². The number of halogens is 1. The Kier molecular flexibility index (Phi) is 3.33. The van der Waals surface area contributed by atoms with Crippen LogP contribution in [0, 0.1) is 29.6 Å². The molecule has 4 aliphatic rings. The molecule has 108 valence electrons. The van der Waals surface area contributed by atoms with Crippen LogP contribution in [-0.2, 0) is 6.42 Å². The lowest BCUT2D eigenvalue weighted by molar-refractivity contribution is -0.0381. The second-order valence-corrected chi connectivity index (χ2v) is 7.98. The molecule has 0 aromatic heterocycles. The fourth-order valence-corrected chi connectivity index (χ4v) is 6.16. The number of aryl methyl sites for hydroxylation is 1. The molecular formula is C19H25Cl. The van der Waals surface area contributed by atoms with E-state index in [9.17, 15) is 0 Å². The zero-order valence-electron chi connectivity index (χ0n) is 12.4. The van der Waals surface area contributed by atoms with Gasteiger partial charge < -0.3 is 0 Å². The normalized spacial score (nSPS) is 40.0. The summed E-state index contributed by atoms with van der Waals surface area (Å²) in [5.74, 6) is 4.66. The molecular weight excluding hydrogens is 264 g/mol. The summed E-state index contributed by atoms with van der Waals surface area (Å²) in [6.45, 7) is 2.21. The molecule has 0 saturated heterocycles. The molecule has 4 fully saturated rings. The van der Waals surface area contributed by atoms with Crippen LogP contribution in [0.2, 0.25) is 0 Å². The summed E-state index contributed by atoms with van der Waals surface area (Å²) < 4.78 is 0. The van der Waals surface area contributed by atoms with Gasteiger partial charge in [0.05, 0.1) is 5.38 Å². The van der Waals surface area contributed by atoms with E-state index in [1.54, 1.807) is 0 Å². The average Bonchev–Trinajstić information content (AvgIpc) is 2.46. The number of hydrogen-bond acceptors (Lipinski definition) is 0. The highest BCUT2D eigenvalue weighted by atomic mass is 35.5. The van der Waals surface area contributed by atoms with Crippen LogP contribution < -0.4 is 0 Å². The van der Waals surface area contributed by atoms with Crippen molar-refractivity contribution in [2.24, 2.45) is 29.6 Å². The zero-order chi connectivity index (χ0) is 13.7. The van der Waals surface area contributed by atoms with Crippen molar-refractivity contribution in [2.45, 2.75) is 50.8 Å². The highest BCUT2D eigenvalue weighted by Gasteiger charge is 2.50. The Bertz CT molecular complexity index is 447. The first-order chi connectivity index (χ1) is 9.74. The van der Waals surface area contributed by atoms with Gasteiger partial charge in [-0.15, -0.1) is 11.6 Å². The molecule has 5 rings (SSSR count). The molecule has 1 aromatic rings. The van der Waals surface area contributed by atoms with E-state index in [4.69, 9.17) is 11.6 Å². The summed E-state index contributed by atoms with van der Waals surface area (Å²) in [6, 6.07) is 9.09. The van der Waals surface area contributed by atoms with Crippen molar-refractivity contribution in [1.29, 1.82) is 0 Å². The summed E-state index contributed by atoms with van der Waals surface area (Å²) in [5, 5.41) is 0.246. The molecule has 1 unspecified atom stereocenters. The summed E-state index contributed by atoms with van der Waals surface area (Å²) in [5.41, 5.74) is 2.78. The Hall–Kier alpha value is -0.490. The summed E-state index contributed by atoms with van der Waals surface area (Å²) >= 11 is 6.95. The Morgan fingerprint density at radius 2 is 1.50 bits per heavy atom. The molecule has 0 nitrogen and oxygen atoms in total. The standard InChI is InChI=1S/C19H25Cl/c1-2-12-3-5-15(6-4-12)19(20)18-16-8-13-7-14(10-16)11-17(18)9-13/h3-6,13-14,16-19H,2,7-11H2,1H3.